The molecule has 0 saturated heterocycles. The molecule has 0 aliphatic carbocycles. The van der Waals surface area contributed by atoms with E-state index in [0.29, 0.717) is 27.9 Å². The van der Waals surface area contributed by atoms with Crippen LogP contribution < -0.4 is 4.74 Å². The van der Waals surface area contributed by atoms with E-state index in [1.54, 1.807) is 43.2 Å². The molecular weight excluding hydrogens is 313 g/mol. The number of rotatable bonds is 4. The van der Waals surface area contributed by atoms with E-state index in [1.165, 1.54) is 12.0 Å². The molecule has 0 bridgehead atoms. The van der Waals surface area contributed by atoms with Gasteiger partial charge < -0.3 is 9.64 Å². The van der Waals surface area contributed by atoms with Crippen molar-refractivity contribution in [2.75, 3.05) is 14.2 Å². The molecule has 0 aliphatic rings. The maximum atomic E-state index is 12.5. The number of carbonyl (C=O) groups excluding carboxylic acids is 1. The van der Waals surface area contributed by atoms with E-state index < -0.39 is 0 Å². The zero-order valence-corrected chi connectivity index (χ0v) is 13.4. The number of aryl methyl sites for hydroxylation is 1. The molecule has 0 N–H and O–H groups in total. The van der Waals surface area contributed by atoms with Crippen molar-refractivity contribution in [2.45, 2.75) is 6.54 Å². The van der Waals surface area contributed by atoms with Gasteiger partial charge in [-0.25, -0.2) is 0 Å². The maximum absolute atomic E-state index is 12.5. The highest BCUT2D eigenvalue weighted by molar-refractivity contribution is 6.31. The lowest BCUT2D eigenvalue weighted by Crippen LogP contribution is -2.27. The van der Waals surface area contributed by atoms with Crippen molar-refractivity contribution in [1.82, 2.24) is 14.7 Å². The summed E-state index contributed by atoms with van der Waals surface area (Å²) in [6.45, 7) is 0.337. The molecule has 0 spiro atoms. The van der Waals surface area contributed by atoms with Gasteiger partial charge in [0.05, 0.1) is 36.1 Å². The molecule has 0 aliphatic heterocycles. The third-order valence-corrected chi connectivity index (χ3v) is 3.69. The third kappa shape index (κ3) is 3.31. The molecule has 1 aromatic heterocycles. The largest absolute Gasteiger partial charge is 0.496 e. The molecule has 0 saturated carbocycles. The fourth-order valence-corrected chi connectivity index (χ4v) is 2.36. The van der Waals surface area contributed by atoms with E-state index in [9.17, 15) is 4.79 Å². The number of amides is 1. The predicted molar refractivity (Wildman–Crippen MR) is 82.0 cm³/mol. The minimum Gasteiger partial charge on any atom is -0.496 e. The van der Waals surface area contributed by atoms with E-state index in [4.69, 9.17) is 27.9 Å². The topological polar surface area (TPSA) is 47.4 Å². The highest BCUT2D eigenvalue weighted by atomic mass is 35.5. The minimum absolute atomic E-state index is 0.202. The van der Waals surface area contributed by atoms with Gasteiger partial charge in [-0.2, -0.15) is 5.10 Å². The monoisotopic (exact) mass is 327 g/mol. The van der Waals surface area contributed by atoms with Crippen LogP contribution in [0.4, 0.5) is 0 Å². The second-order valence-corrected chi connectivity index (χ2v) is 5.41. The fraction of sp³-hybridized carbons (Fsp3) is 0.286. The SMILES string of the molecule is COc1ccc(Cl)cc1C(=O)N(C)Cc1c(Cl)cnn1C. The lowest BCUT2D eigenvalue weighted by atomic mass is 10.1. The first kappa shape index (κ1) is 15.7. The van der Waals surface area contributed by atoms with Crippen molar-refractivity contribution >= 4 is 29.1 Å². The van der Waals surface area contributed by atoms with Gasteiger partial charge >= 0.3 is 0 Å². The van der Waals surface area contributed by atoms with E-state index in [1.807, 2.05) is 0 Å². The second kappa shape index (κ2) is 6.37. The number of methoxy groups -OCH3 is 1. The van der Waals surface area contributed by atoms with Crippen LogP contribution in [0, 0.1) is 0 Å². The highest BCUT2D eigenvalue weighted by Gasteiger charge is 2.19. The molecule has 2 aromatic rings. The molecule has 1 amide bonds. The van der Waals surface area contributed by atoms with Gasteiger partial charge in [0, 0.05) is 19.1 Å². The van der Waals surface area contributed by atoms with Crippen LogP contribution in [-0.4, -0.2) is 34.7 Å². The number of hydrogen-bond acceptors (Lipinski definition) is 3. The van der Waals surface area contributed by atoms with Gasteiger partial charge in [0.2, 0.25) is 0 Å². The molecule has 0 radical (unpaired) electrons. The Morgan fingerprint density at radius 3 is 2.71 bits per heavy atom. The molecule has 0 atom stereocenters. The van der Waals surface area contributed by atoms with Gasteiger partial charge in [0.25, 0.3) is 5.91 Å². The van der Waals surface area contributed by atoms with Crippen LogP contribution >= 0.6 is 23.2 Å². The summed E-state index contributed by atoms with van der Waals surface area (Å²) >= 11 is 12.0. The molecule has 21 heavy (non-hydrogen) atoms. The first-order valence-electron chi connectivity index (χ1n) is 6.19. The zero-order chi connectivity index (χ0) is 15.6. The predicted octanol–water partition coefficient (Wildman–Crippen LogP) is 3.01. The summed E-state index contributed by atoms with van der Waals surface area (Å²) in [5, 5.41) is 5.05. The summed E-state index contributed by atoms with van der Waals surface area (Å²) < 4.78 is 6.84. The maximum Gasteiger partial charge on any atom is 0.257 e. The van der Waals surface area contributed by atoms with Crippen molar-refractivity contribution in [3.05, 3.63) is 45.7 Å². The van der Waals surface area contributed by atoms with Crippen molar-refractivity contribution in [3.63, 3.8) is 0 Å². The molecule has 1 heterocycles. The summed E-state index contributed by atoms with van der Waals surface area (Å²) in [5.74, 6) is 0.277. The van der Waals surface area contributed by atoms with Gasteiger partial charge in [-0.05, 0) is 18.2 Å². The molecule has 0 fully saturated rings. The highest BCUT2D eigenvalue weighted by Crippen LogP contribution is 2.25. The molecule has 5 nitrogen and oxygen atoms in total. The van der Waals surface area contributed by atoms with Crippen molar-refractivity contribution in [3.8, 4) is 5.75 Å². The smallest absolute Gasteiger partial charge is 0.257 e. The van der Waals surface area contributed by atoms with Crippen LogP contribution in [0.2, 0.25) is 10.0 Å². The Morgan fingerprint density at radius 1 is 1.43 bits per heavy atom. The van der Waals surface area contributed by atoms with Gasteiger partial charge in [0.1, 0.15) is 5.75 Å². The average molecular weight is 328 g/mol. The van der Waals surface area contributed by atoms with Gasteiger partial charge in [-0.15, -0.1) is 0 Å². The van der Waals surface area contributed by atoms with E-state index in [2.05, 4.69) is 5.10 Å². The normalized spacial score (nSPS) is 10.5. The number of ether oxygens (including phenoxy) is 1. The number of carbonyl (C=O) groups is 1. The van der Waals surface area contributed by atoms with E-state index in [0.717, 1.165) is 5.69 Å². The minimum atomic E-state index is -0.202. The Balaban J connectivity index is 2.26. The van der Waals surface area contributed by atoms with Gasteiger partial charge in [-0.1, -0.05) is 23.2 Å². The molecule has 0 unspecified atom stereocenters. The molecular formula is C14H15Cl2N3O2. The molecule has 112 valence electrons. The summed E-state index contributed by atoms with van der Waals surface area (Å²) in [7, 11) is 4.98. The Labute approximate surface area is 133 Å². The van der Waals surface area contributed by atoms with E-state index >= 15 is 0 Å². The summed E-state index contributed by atoms with van der Waals surface area (Å²) in [5.41, 5.74) is 1.17. The number of aromatic nitrogens is 2. The third-order valence-electron chi connectivity index (χ3n) is 3.14. The first-order chi connectivity index (χ1) is 9.93. The molecule has 7 heteroatoms. The second-order valence-electron chi connectivity index (χ2n) is 4.57. The Bertz CT molecular complexity index is 651. The van der Waals surface area contributed by atoms with Crippen LogP contribution in [0.3, 0.4) is 0 Å². The Hall–Kier alpha value is -1.72. The van der Waals surface area contributed by atoms with E-state index in [-0.39, 0.29) is 5.91 Å². The van der Waals surface area contributed by atoms with Crippen LogP contribution in [0.5, 0.6) is 5.75 Å². The molecule has 1 aromatic carbocycles. The van der Waals surface area contributed by atoms with Gasteiger partial charge in [-0.3, -0.25) is 9.48 Å². The quantitative estimate of drug-likeness (QED) is 0.867. The van der Waals surface area contributed by atoms with Crippen molar-refractivity contribution in [2.24, 2.45) is 7.05 Å². The summed E-state index contributed by atoms with van der Waals surface area (Å²) in [6, 6.07) is 4.93. The number of hydrogen-bond donors (Lipinski definition) is 0. The molecule has 2 rings (SSSR count). The van der Waals surface area contributed by atoms with Crippen LogP contribution in [0.1, 0.15) is 16.1 Å². The summed E-state index contributed by atoms with van der Waals surface area (Å²) in [4.78, 5) is 14.1. The Kier molecular flexibility index (Phi) is 4.75. The standard InChI is InChI=1S/C14H15Cl2N3O2/c1-18(8-12-11(16)7-17-19(12)2)14(20)10-6-9(15)4-5-13(10)21-3/h4-7H,8H2,1-3H3. The summed E-state index contributed by atoms with van der Waals surface area (Å²) in [6.07, 6.45) is 1.55. The lowest BCUT2D eigenvalue weighted by Gasteiger charge is -2.19. The van der Waals surface area contributed by atoms with Gasteiger partial charge in [0.15, 0.2) is 0 Å². The van der Waals surface area contributed by atoms with Crippen molar-refractivity contribution < 1.29 is 9.53 Å². The zero-order valence-electron chi connectivity index (χ0n) is 11.9. The number of benzene rings is 1. The average Bonchev–Trinajstić information content (AvgIpc) is 2.78. The number of nitrogens with zero attached hydrogens (tertiary/aromatic N) is 3. The Morgan fingerprint density at radius 2 is 2.14 bits per heavy atom. The van der Waals surface area contributed by atoms with Crippen LogP contribution in [0.15, 0.2) is 24.4 Å². The first-order valence-corrected chi connectivity index (χ1v) is 6.95. The lowest BCUT2D eigenvalue weighted by molar-refractivity contribution is 0.0778. The van der Waals surface area contributed by atoms with Crippen LogP contribution in [0.25, 0.3) is 0 Å². The number of halogens is 2. The van der Waals surface area contributed by atoms with Crippen LogP contribution in [-0.2, 0) is 13.6 Å². The fourth-order valence-electron chi connectivity index (χ4n) is 1.96. The van der Waals surface area contributed by atoms with Crippen molar-refractivity contribution in [1.29, 1.82) is 0 Å².